The lowest BCUT2D eigenvalue weighted by atomic mass is 9.50. The molecule has 150 valence electrons. The fraction of sp³-hybridized carbons (Fsp3) is 0.826. The van der Waals surface area contributed by atoms with Gasteiger partial charge in [-0.3, -0.25) is 4.79 Å². The van der Waals surface area contributed by atoms with Crippen molar-refractivity contribution >= 4 is 5.97 Å². The summed E-state index contributed by atoms with van der Waals surface area (Å²) in [4.78, 5) is 12.0. The summed E-state index contributed by atoms with van der Waals surface area (Å²) in [5.41, 5.74) is 1.33. The van der Waals surface area contributed by atoms with Crippen LogP contribution in [0.5, 0.6) is 0 Å². The largest absolute Gasteiger partial charge is 0.462 e. The molecule has 4 nitrogen and oxygen atoms in total. The van der Waals surface area contributed by atoms with Crippen LogP contribution >= 0.6 is 0 Å². The third kappa shape index (κ3) is 4.24. The number of carbonyl (C=O) groups is 1. The normalized spacial score (nSPS) is 44.0. The number of aliphatic hydroxyl groups excluding tert-OH is 1. The molecule has 0 amide bonds. The van der Waals surface area contributed by atoms with Gasteiger partial charge in [-0.15, -0.1) is 0 Å². The van der Waals surface area contributed by atoms with Gasteiger partial charge < -0.3 is 9.84 Å². The Balaban J connectivity index is 1.96. The van der Waals surface area contributed by atoms with Crippen LogP contribution in [0.25, 0.3) is 0 Å². The zero-order valence-corrected chi connectivity index (χ0v) is 17.1. The minimum absolute atomic E-state index is 0.0919. The highest BCUT2D eigenvalue weighted by Gasteiger charge is 2.54. The number of nitriles is 1. The van der Waals surface area contributed by atoms with Crippen LogP contribution < -0.4 is 0 Å². The van der Waals surface area contributed by atoms with Crippen molar-refractivity contribution in [1.29, 1.82) is 5.26 Å². The van der Waals surface area contributed by atoms with Crippen LogP contribution in [0.3, 0.4) is 0 Å². The Morgan fingerprint density at radius 2 is 2.07 bits per heavy atom. The molecule has 0 bridgehead atoms. The zero-order valence-electron chi connectivity index (χ0n) is 17.1. The predicted molar refractivity (Wildman–Crippen MR) is 105 cm³/mol. The smallest absolute Gasteiger partial charge is 0.302 e. The molecular formula is C23H35NO3. The Morgan fingerprint density at radius 3 is 2.78 bits per heavy atom. The van der Waals surface area contributed by atoms with Gasteiger partial charge in [0.1, 0.15) is 6.10 Å². The van der Waals surface area contributed by atoms with Crippen LogP contribution in [-0.4, -0.2) is 23.3 Å². The van der Waals surface area contributed by atoms with Gasteiger partial charge in [0.05, 0.1) is 12.2 Å². The number of hydrogen-bond acceptors (Lipinski definition) is 4. The van der Waals surface area contributed by atoms with E-state index in [0.29, 0.717) is 17.8 Å². The van der Waals surface area contributed by atoms with Crippen LogP contribution in [0.1, 0.15) is 78.6 Å². The summed E-state index contributed by atoms with van der Waals surface area (Å²) in [5, 5.41) is 19.4. The molecule has 0 heterocycles. The standard InChI is InChI=1S/C23H35NO3/c1-15-13-21(27-16(2)25)22-18(6-4-5-17(15)10-12-24)7-8-19-14-20(26)9-11-23(19,22)3/h10,15,18-22,26H,4-9,11,13-14H2,1-3H3. The van der Waals surface area contributed by atoms with Crippen molar-refractivity contribution in [2.24, 2.45) is 29.1 Å². The van der Waals surface area contributed by atoms with Gasteiger partial charge in [-0.25, -0.2) is 0 Å². The van der Waals surface area contributed by atoms with Crippen molar-refractivity contribution in [2.45, 2.75) is 90.8 Å². The molecule has 0 saturated heterocycles. The van der Waals surface area contributed by atoms with Gasteiger partial charge in [-0.05, 0) is 81.0 Å². The molecule has 4 heteroatoms. The maximum atomic E-state index is 12.0. The molecule has 3 rings (SSSR count). The van der Waals surface area contributed by atoms with E-state index in [2.05, 4.69) is 19.9 Å². The third-order valence-electron chi connectivity index (χ3n) is 7.89. The molecule has 1 N–H and O–H groups in total. The van der Waals surface area contributed by atoms with Crippen LogP contribution in [0.2, 0.25) is 0 Å². The van der Waals surface area contributed by atoms with Crippen LogP contribution in [0.15, 0.2) is 11.6 Å². The second-order valence-electron chi connectivity index (χ2n) is 9.52. The average molecular weight is 374 g/mol. The summed E-state index contributed by atoms with van der Waals surface area (Å²) in [5.74, 6) is 1.50. The molecular weight excluding hydrogens is 338 g/mol. The van der Waals surface area contributed by atoms with E-state index in [-0.39, 0.29) is 29.5 Å². The van der Waals surface area contributed by atoms with E-state index in [1.54, 1.807) is 6.08 Å². The van der Waals surface area contributed by atoms with Gasteiger partial charge in [0, 0.05) is 18.9 Å². The number of esters is 1. The first-order valence-electron chi connectivity index (χ1n) is 10.8. The van der Waals surface area contributed by atoms with Gasteiger partial charge >= 0.3 is 5.97 Å². The van der Waals surface area contributed by atoms with E-state index in [4.69, 9.17) is 4.74 Å². The Bertz CT molecular complexity index is 622. The van der Waals surface area contributed by atoms with E-state index < -0.39 is 0 Å². The monoisotopic (exact) mass is 373 g/mol. The van der Waals surface area contributed by atoms with Crippen LogP contribution in [0.4, 0.5) is 0 Å². The minimum atomic E-state index is -0.197. The number of ether oxygens (including phenoxy) is 1. The molecule has 0 aromatic rings. The molecule has 7 atom stereocenters. The lowest BCUT2D eigenvalue weighted by molar-refractivity contribution is -0.167. The lowest BCUT2D eigenvalue weighted by Crippen LogP contribution is -2.53. The summed E-state index contributed by atoms with van der Waals surface area (Å²) in [6.07, 6.45) is 10.6. The molecule has 3 fully saturated rings. The Morgan fingerprint density at radius 1 is 1.30 bits per heavy atom. The van der Waals surface area contributed by atoms with E-state index >= 15 is 0 Å². The minimum Gasteiger partial charge on any atom is -0.462 e. The van der Waals surface area contributed by atoms with E-state index in [1.165, 1.54) is 25.3 Å². The molecule has 3 aliphatic carbocycles. The first-order chi connectivity index (χ1) is 12.8. The van der Waals surface area contributed by atoms with Crippen molar-refractivity contribution in [3.05, 3.63) is 11.6 Å². The molecule has 0 spiro atoms. The molecule has 0 aliphatic heterocycles. The first-order valence-corrected chi connectivity index (χ1v) is 10.8. The zero-order chi connectivity index (χ0) is 19.6. The van der Waals surface area contributed by atoms with Crippen molar-refractivity contribution < 1.29 is 14.6 Å². The number of allylic oxidation sites excluding steroid dienone is 2. The van der Waals surface area contributed by atoms with E-state index in [0.717, 1.165) is 44.9 Å². The maximum absolute atomic E-state index is 12.0. The van der Waals surface area contributed by atoms with E-state index in [1.807, 2.05) is 0 Å². The van der Waals surface area contributed by atoms with Crippen molar-refractivity contribution in [3.63, 3.8) is 0 Å². The van der Waals surface area contributed by atoms with Crippen molar-refractivity contribution in [1.82, 2.24) is 0 Å². The second-order valence-corrected chi connectivity index (χ2v) is 9.52. The topological polar surface area (TPSA) is 70.3 Å². The predicted octanol–water partition coefficient (Wildman–Crippen LogP) is 4.77. The molecule has 0 aromatic heterocycles. The van der Waals surface area contributed by atoms with E-state index in [9.17, 15) is 15.2 Å². The quantitative estimate of drug-likeness (QED) is 0.531. The summed E-state index contributed by atoms with van der Waals surface area (Å²) >= 11 is 0. The van der Waals surface area contributed by atoms with Crippen LogP contribution in [0, 0.1) is 40.4 Å². The number of aliphatic hydroxyl groups is 1. The average Bonchev–Trinajstić information content (AvgIpc) is 2.65. The molecule has 0 radical (unpaired) electrons. The number of nitrogens with zero attached hydrogens (tertiary/aromatic N) is 1. The van der Waals surface area contributed by atoms with Gasteiger partial charge in [-0.2, -0.15) is 5.26 Å². The highest BCUT2D eigenvalue weighted by atomic mass is 16.5. The van der Waals surface area contributed by atoms with Crippen molar-refractivity contribution in [2.75, 3.05) is 0 Å². The number of carbonyl (C=O) groups excluding carboxylic acids is 1. The van der Waals surface area contributed by atoms with Gasteiger partial charge in [0.2, 0.25) is 0 Å². The number of fused-ring (bicyclic) bond motifs is 3. The Labute approximate surface area is 164 Å². The molecule has 0 aromatic carbocycles. The molecule has 3 aliphatic rings. The number of hydrogen-bond donors (Lipinski definition) is 1. The summed E-state index contributed by atoms with van der Waals surface area (Å²) in [6, 6.07) is 2.21. The van der Waals surface area contributed by atoms with Crippen LogP contribution in [-0.2, 0) is 9.53 Å². The lowest BCUT2D eigenvalue weighted by Gasteiger charge is -2.56. The molecule has 3 saturated carbocycles. The first kappa shape index (κ1) is 20.4. The van der Waals surface area contributed by atoms with Gasteiger partial charge in [-0.1, -0.05) is 19.4 Å². The maximum Gasteiger partial charge on any atom is 0.302 e. The highest BCUT2D eigenvalue weighted by molar-refractivity contribution is 5.66. The number of rotatable bonds is 1. The SMILES string of the molecule is CC(=O)OC1CC(C)C(=CC#N)CCCC2CCC3CC(O)CCC3(C)C21. The molecule has 27 heavy (non-hydrogen) atoms. The Hall–Kier alpha value is -1.34. The summed E-state index contributed by atoms with van der Waals surface area (Å²) in [6.45, 7) is 6.09. The summed E-state index contributed by atoms with van der Waals surface area (Å²) in [7, 11) is 0. The third-order valence-corrected chi connectivity index (χ3v) is 7.89. The van der Waals surface area contributed by atoms with Gasteiger partial charge in [0.15, 0.2) is 0 Å². The highest BCUT2D eigenvalue weighted by Crippen LogP contribution is 2.58. The fourth-order valence-electron chi connectivity index (χ4n) is 6.56. The second kappa shape index (κ2) is 8.35. The fourth-order valence-corrected chi connectivity index (χ4v) is 6.56. The Kier molecular flexibility index (Phi) is 6.31. The summed E-state index contributed by atoms with van der Waals surface area (Å²) < 4.78 is 5.98. The molecule has 7 unspecified atom stereocenters. The van der Waals surface area contributed by atoms with Gasteiger partial charge in [0.25, 0.3) is 0 Å². The van der Waals surface area contributed by atoms with Crippen molar-refractivity contribution in [3.8, 4) is 6.07 Å².